The summed E-state index contributed by atoms with van der Waals surface area (Å²) in [4.78, 5) is 29.9. The fourth-order valence-electron chi connectivity index (χ4n) is 7.18. The van der Waals surface area contributed by atoms with Crippen LogP contribution in [0.3, 0.4) is 0 Å². The van der Waals surface area contributed by atoms with Gasteiger partial charge in [-0.2, -0.15) is 4.98 Å². The molecule has 0 aromatic carbocycles. The molecule has 9 heteroatoms. The highest BCUT2D eigenvalue weighted by Crippen LogP contribution is 2.62. The van der Waals surface area contributed by atoms with Gasteiger partial charge in [0.15, 0.2) is 11.5 Å². The first kappa shape index (κ1) is 20.7. The van der Waals surface area contributed by atoms with Crippen molar-refractivity contribution in [2.24, 2.45) is 30.5 Å². The highest BCUT2D eigenvalue weighted by molar-refractivity contribution is 5.97. The number of fused-ring (bicyclic) bond motifs is 2. The number of aromatic nitrogens is 5. The summed E-state index contributed by atoms with van der Waals surface area (Å²) in [6, 6.07) is 8.28. The van der Waals surface area contributed by atoms with E-state index in [1.165, 1.54) is 12.8 Å². The number of methoxy groups -OCH3 is 1. The zero-order chi connectivity index (χ0) is 24.3. The van der Waals surface area contributed by atoms with Crippen LogP contribution in [-0.4, -0.2) is 60.1 Å². The van der Waals surface area contributed by atoms with Gasteiger partial charge < -0.3 is 24.5 Å². The smallest absolute Gasteiger partial charge is 0.255 e. The topological polar surface area (TPSA) is 104 Å². The first-order valence-electron chi connectivity index (χ1n) is 12.9. The summed E-state index contributed by atoms with van der Waals surface area (Å²) in [6.07, 6.45) is 6.16. The molecule has 1 amide bonds. The molecule has 5 heterocycles. The van der Waals surface area contributed by atoms with Crippen molar-refractivity contribution in [3.8, 4) is 17.4 Å². The van der Waals surface area contributed by atoms with E-state index in [2.05, 4.69) is 10.6 Å². The largest absolute Gasteiger partial charge is 0.481 e. The summed E-state index contributed by atoms with van der Waals surface area (Å²) in [5.41, 5.74) is 10.4. The van der Waals surface area contributed by atoms with Gasteiger partial charge in [0.05, 0.1) is 18.4 Å². The molecule has 9 nitrogen and oxygen atoms in total. The molecule has 8 rings (SSSR count). The van der Waals surface area contributed by atoms with Gasteiger partial charge in [0.25, 0.3) is 5.91 Å². The van der Waals surface area contributed by atoms with Crippen LogP contribution in [0.1, 0.15) is 36.0 Å². The molecular formula is C27H29N7O2. The second kappa shape index (κ2) is 6.85. The van der Waals surface area contributed by atoms with Crippen LogP contribution in [0.15, 0.2) is 30.5 Å². The average molecular weight is 484 g/mol. The van der Waals surface area contributed by atoms with Crippen LogP contribution in [0.2, 0.25) is 0 Å². The van der Waals surface area contributed by atoms with Crippen LogP contribution in [0.4, 0.5) is 0 Å². The Hall–Kier alpha value is -3.46. The molecule has 3 aliphatic carbocycles. The number of amides is 1. The Morgan fingerprint density at radius 1 is 1.19 bits per heavy atom. The summed E-state index contributed by atoms with van der Waals surface area (Å²) in [5, 5.41) is 1.06. The molecular weight excluding hydrogens is 454 g/mol. The molecule has 3 saturated carbocycles. The molecule has 2 N–H and O–H groups in total. The number of rotatable bonds is 5. The molecule has 4 aromatic heterocycles. The van der Waals surface area contributed by atoms with Crippen molar-refractivity contribution in [2.75, 3.05) is 13.7 Å². The molecule has 1 saturated heterocycles. The third kappa shape index (κ3) is 2.69. The third-order valence-electron chi connectivity index (χ3n) is 9.16. The Bertz CT molecular complexity index is 1580. The lowest BCUT2D eigenvalue weighted by molar-refractivity contribution is -0.0494. The predicted molar refractivity (Wildman–Crippen MR) is 134 cm³/mol. The van der Waals surface area contributed by atoms with Crippen LogP contribution < -0.4 is 10.5 Å². The Kier molecular flexibility index (Phi) is 3.94. The summed E-state index contributed by atoms with van der Waals surface area (Å²) in [7, 11) is 3.63. The van der Waals surface area contributed by atoms with Crippen molar-refractivity contribution >= 4 is 28.1 Å². The van der Waals surface area contributed by atoms with E-state index < -0.39 is 0 Å². The van der Waals surface area contributed by atoms with Crippen LogP contribution in [0.5, 0.6) is 5.88 Å². The second-order valence-electron chi connectivity index (χ2n) is 11.4. The predicted octanol–water partition coefficient (Wildman–Crippen LogP) is 2.97. The molecule has 4 aromatic rings. The first-order valence-corrected chi connectivity index (χ1v) is 12.9. The van der Waals surface area contributed by atoms with Gasteiger partial charge in [0.1, 0.15) is 11.2 Å². The number of hydrogen-bond acceptors (Lipinski definition) is 6. The van der Waals surface area contributed by atoms with E-state index in [9.17, 15) is 4.79 Å². The molecule has 184 valence electrons. The zero-order valence-corrected chi connectivity index (χ0v) is 20.5. The quantitative estimate of drug-likeness (QED) is 0.468. The van der Waals surface area contributed by atoms with Gasteiger partial charge in [-0.05, 0) is 55.7 Å². The maximum atomic E-state index is 13.5. The Labute approximate surface area is 208 Å². The number of imidazole rings is 1. The van der Waals surface area contributed by atoms with Crippen molar-refractivity contribution in [1.29, 1.82) is 0 Å². The Morgan fingerprint density at radius 3 is 2.81 bits per heavy atom. The number of likely N-dealkylation sites (tertiary alicyclic amines) is 1. The highest BCUT2D eigenvalue weighted by atomic mass is 16.5. The molecule has 0 radical (unpaired) electrons. The van der Waals surface area contributed by atoms with Gasteiger partial charge >= 0.3 is 0 Å². The minimum absolute atomic E-state index is 0.0136. The first-order chi connectivity index (χ1) is 17.4. The summed E-state index contributed by atoms with van der Waals surface area (Å²) >= 11 is 0. The fraction of sp³-hybridized carbons (Fsp3) is 0.481. The van der Waals surface area contributed by atoms with Crippen molar-refractivity contribution in [2.45, 2.75) is 43.8 Å². The van der Waals surface area contributed by atoms with E-state index >= 15 is 0 Å². The lowest BCUT2D eigenvalue weighted by Gasteiger charge is -2.61. The molecule has 0 spiro atoms. The van der Waals surface area contributed by atoms with Crippen molar-refractivity contribution in [3.05, 3.63) is 36.0 Å². The normalized spacial score (nSPS) is 28.3. The maximum absolute atomic E-state index is 13.5. The Balaban J connectivity index is 1.19. The van der Waals surface area contributed by atoms with Gasteiger partial charge in [0, 0.05) is 55.3 Å². The lowest BCUT2D eigenvalue weighted by Crippen LogP contribution is -2.72. The van der Waals surface area contributed by atoms with Crippen LogP contribution >= 0.6 is 0 Å². The van der Waals surface area contributed by atoms with Gasteiger partial charge in [-0.25, -0.2) is 9.97 Å². The van der Waals surface area contributed by atoms with Crippen molar-refractivity contribution in [3.63, 3.8) is 0 Å². The number of carbonyl (C=O) groups is 1. The van der Waals surface area contributed by atoms with E-state index in [0.717, 1.165) is 59.6 Å². The number of ether oxygens (including phenoxy) is 1. The molecule has 4 fully saturated rings. The van der Waals surface area contributed by atoms with E-state index in [1.807, 2.05) is 34.7 Å². The van der Waals surface area contributed by atoms with Gasteiger partial charge in [-0.15, -0.1) is 0 Å². The molecule has 4 aliphatic rings. The van der Waals surface area contributed by atoms with E-state index in [4.69, 9.17) is 25.4 Å². The second-order valence-corrected chi connectivity index (χ2v) is 11.4. The Morgan fingerprint density at radius 2 is 2.06 bits per heavy atom. The van der Waals surface area contributed by atoms with Crippen molar-refractivity contribution < 1.29 is 9.53 Å². The molecule has 4 atom stereocenters. The van der Waals surface area contributed by atoms with E-state index in [1.54, 1.807) is 13.3 Å². The van der Waals surface area contributed by atoms with Crippen LogP contribution in [0, 0.1) is 17.8 Å². The average Bonchev–Trinajstić information content (AvgIpc) is 3.51. The fourth-order valence-corrected chi connectivity index (χ4v) is 7.18. The number of nitrogens with two attached hydrogens (primary N) is 1. The SMILES string of the molecule is COc1ccc2cc(-c3nc4cc(C(=O)N5C[C@H]6C[C@@]7(N)C[C@@H]5[C@@H]67)cnc4n3C)n(CC3CC3)c2n1. The monoisotopic (exact) mass is 483 g/mol. The van der Waals surface area contributed by atoms with Gasteiger partial charge in [-0.3, -0.25) is 4.79 Å². The molecule has 36 heavy (non-hydrogen) atoms. The summed E-state index contributed by atoms with van der Waals surface area (Å²) in [6.45, 7) is 1.72. The molecule has 0 unspecified atom stereocenters. The van der Waals surface area contributed by atoms with Crippen LogP contribution in [0.25, 0.3) is 33.7 Å². The van der Waals surface area contributed by atoms with Gasteiger partial charge in [-0.1, -0.05) is 0 Å². The highest BCUT2D eigenvalue weighted by Gasteiger charge is 2.69. The lowest BCUT2D eigenvalue weighted by atomic mass is 9.48. The number of hydrogen-bond donors (Lipinski definition) is 1. The molecule has 0 bridgehead atoms. The summed E-state index contributed by atoms with van der Waals surface area (Å²) in [5.74, 6) is 3.20. The standard InChI is InChI=1S/C27H29N7O2/c1-32-24-18(7-16(11-29-24)26(35)34-13-17-9-27(28)10-20(34)22(17)27)30-25(32)19-8-15-5-6-21(36-2)31-23(15)33(19)12-14-3-4-14/h5-8,11,14,17,20,22H,3-4,9-10,12-13,28H2,1-2H3/t17-,20-,22-,27-/m1/s1. The third-order valence-corrected chi connectivity index (χ3v) is 9.16. The van der Waals surface area contributed by atoms with E-state index in [0.29, 0.717) is 35.2 Å². The number of pyridine rings is 2. The molecule has 1 aliphatic heterocycles. The van der Waals surface area contributed by atoms with E-state index in [-0.39, 0.29) is 11.4 Å². The number of aryl methyl sites for hydroxylation is 1. The minimum Gasteiger partial charge on any atom is -0.481 e. The van der Waals surface area contributed by atoms with Gasteiger partial charge in [0.2, 0.25) is 5.88 Å². The number of carbonyl (C=O) groups excluding carboxylic acids is 1. The summed E-state index contributed by atoms with van der Waals surface area (Å²) < 4.78 is 9.68. The van der Waals surface area contributed by atoms with Crippen LogP contribution in [-0.2, 0) is 13.6 Å². The van der Waals surface area contributed by atoms with Crippen molar-refractivity contribution in [1.82, 2.24) is 29.0 Å². The maximum Gasteiger partial charge on any atom is 0.255 e. The number of nitrogens with zero attached hydrogens (tertiary/aromatic N) is 6. The zero-order valence-electron chi connectivity index (χ0n) is 20.5. The minimum atomic E-state index is -0.0136.